The van der Waals surface area contributed by atoms with E-state index in [1.807, 2.05) is 26.0 Å². The van der Waals surface area contributed by atoms with Crippen LogP contribution in [0, 0.1) is 6.92 Å². The third kappa shape index (κ3) is 1.51. The monoisotopic (exact) mass is 137 g/mol. The molecule has 0 aliphatic carbocycles. The highest BCUT2D eigenvalue weighted by atomic mass is 15.1. The molecule has 1 rings (SSSR count). The number of aryl methyl sites for hydroxylation is 1. The van der Waals surface area contributed by atoms with Crippen LogP contribution in [0.4, 0.5) is 0 Å². The molecular weight excluding hydrogens is 126 g/mol. The smallest absolute Gasteiger partial charge is 0.0795 e. The Morgan fingerprint density at radius 3 is 2.50 bits per heavy atom. The quantitative estimate of drug-likeness (QED) is 0.623. The molecule has 0 saturated carbocycles. The molecule has 0 amide bonds. The molecule has 2 N–H and O–H groups in total. The van der Waals surface area contributed by atoms with Gasteiger partial charge < -0.3 is 5.73 Å². The summed E-state index contributed by atoms with van der Waals surface area (Å²) >= 11 is 0. The molecule has 54 valence electrons. The van der Waals surface area contributed by atoms with Crippen molar-refractivity contribution < 1.29 is 0 Å². The summed E-state index contributed by atoms with van der Waals surface area (Å²) in [4.78, 5) is 0. The number of hydrogen-bond donors (Lipinski definition) is 1. The third-order valence-electron chi connectivity index (χ3n) is 1.29. The molecule has 0 spiro atoms. The first-order valence-corrected chi connectivity index (χ1v) is 3.26. The molecule has 3 heteroatoms. The zero-order valence-corrected chi connectivity index (χ0v) is 6.20. The van der Waals surface area contributed by atoms with E-state index in [1.54, 1.807) is 0 Å². The number of rotatable bonds is 1. The first-order valence-electron chi connectivity index (χ1n) is 3.26. The standard InChI is InChI=1S/C7H11N3/c1-5-3-4-7(6(2)8)10-9-5/h3-4,6H,8H2,1-2H3. The van der Waals surface area contributed by atoms with E-state index >= 15 is 0 Å². The van der Waals surface area contributed by atoms with E-state index in [4.69, 9.17) is 5.73 Å². The summed E-state index contributed by atoms with van der Waals surface area (Å²) in [5.74, 6) is 0. The van der Waals surface area contributed by atoms with Gasteiger partial charge in [-0.15, -0.1) is 0 Å². The van der Waals surface area contributed by atoms with Gasteiger partial charge in [0.15, 0.2) is 0 Å². The lowest BCUT2D eigenvalue weighted by molar-refractivity contribution is 0.746. The molecule has 3 nitrogen and oxygen atoms in total. The van der Waals surface area contributed by atoms with Crippen molar-refractivity contribution in [1.29, 1.82) is 0 Å². The molecule has 0 radical (unpaired) electrons. The van der Waals surface area contributed by atoms with Gasteiger partial charge in [0.05, 0.1) is 11.4 Å². The maximum Gasteiger partial charge on any atom is 0.0795 e. The Morgan fingerprint density at radius 2 is 2.10 bits per heavy atom. The van der Waals surface area contributed by atoms with Crippen molar-refractivity contribution in [1.82, 2.24) is 10.2 Å². The Balaban J connectivity index is 2.89. The first-order chi connectivity index (χ1) is 4.70. The van der Waals surface area contributed by atoms with Gasteiger partial charge in [0.2, 0.25) is 0 Å². The van der Waals surface area contributed by atoms with Crippen molar-refractivity contribution in [2.24, 2.45) is 5.73 Å². The normalized spacial score (nSPS) is 13.1. The Kier molecular flexibility index (Phi) is 1.97. The highest BCUT2D eigenvalue weighted by Crippen LogP contribution is 2.03. The van der Waals surface area contributed by atoms with Crippen LogP contribution in [0.5, 0.6) is 0 Å². The maximum absolute atomic E-state index is 5.56. The largest absolute Gasteiger partial charge is 0.323 e. The van der Waals surface area contributed by atoms with Gasteiger partial charge in [0.25, 0.3) is 0 Å². The van der Waals surface area contributed by atoms with E-state index in [0.717, 1.165) is 11.4 Å². The fourth-order valence-electron chi connectivity index (χ4n) is 0.652. The highest BCUT2D eigenvalue weighted by molar-refractivity contribution is 5.07. The summed E-state index contributed by atoms with van der Waals surface area (Å²) in [6, 6.07) is 3.78. The van der Waals surface area contributed by atoms with Crippen LogP contribution in [-0.4, -0.2) is 10.2 Å². The summed E-state index contributed by atoms with van der Waals surface area (Å²) in [5.41, 5.74) is 7.32. The zero-order valence-electron chi connectivity index (χ0n) is 6.20. The number of nitrogens with two attached hydrogens (primary N) is 1. The van der Waals surface area contributed by atoms with Gasteiger partial charge in [-0.25, -0.2) is 0 Å². The highest BCUT2D eigenvalue weighted by Gasteiger charge is 1.98. The second-order valence-corrected chi connectivity index (χ2v) is 2.39. The van der Waals surface area contributed by atoms with E-state index in [1.165, 1.54) is 0 Å². The van der Waals surface area contributed by atoms with Crippen LogP contribution in [0.15, 0.2) is 12.1 Å². The van der Waals surface area contributed by atoms with Crippen LogP contribution in [0.1, 0.15) is 24.4 Å². The van der Waals surface area contributed by atoms with Crippen molar-refractivity contribution in [2.45, 2.75) is 19.9 Å². The molecule has 10 heavy (non-hydrogen) atoms. The molecule has 1 atom stereocenters. The van der Waals surface area contributed by atoms with Gasteiger partial charge in [0.1, 0.15) is 0 Å². The second-order valence-electron chi connectivity index (χ2n) is 2.39. The fourth-order valence-corrected chi connectivity index (χ4v) is 0.652. The van der Waals surface area contributed by atoms with E-state index in [-0.39, 0.29) is 6.04 Å². The third-order valence-corrected chi connectivity index (χ3v) is 1.29. The van der Waals surface area contributed by atoms with Gasteiger partial charge in [-0.3, -0.25) is 0 Å². The predicted octanol–water partition coefficient (Wildman–Crippen LogP) is 0.805. The number of aromatic nitrogens is 2. The molecule has 1 aromatic heterocycles. The number of hydrogen-bond acceptors (Lipinski definition) is 3. The molecule has 1 unspecified atom stereocenters. The summed E-state index contributed by atoms with van der Waals surface area (Å²) in [5, 5.41) is 7.77. The first kappa shape index (κ1) is 7.15. The molecule has 1 heterocycles. The minimum atomic E-state index is -0.0203. The molecule has 0 aliphatic heterocycles. The molecule has 0 aliphatic rings. The number of nitrogens with zero attached hydrogens (tertiary/aromatic N) is 2. The minimum Gasteiger partial charge on any atom is -0.323 e. The van der Waals surface area contributed by atoms with Crippen LogP contribution in [0.2, 0.25) is 0 Å². The zero-order chi connectivity index (χ0) is 7.56. The van der Waals surface area contributed by atoms with E-state index in [0.29, 0.717) is 0 Å². The average molecular weight is 137 g/mol. The summed E-state index contributed by atoms with van der Waals surface area (Å²) < 4.78 is 0. The average Bonchev–Trinajstić information content (AvgIpc) is 1.88. The van der Waals surface area contributed by atoms with Gasteiger partial charge in [-0.05, 0) is 26.0 Å². The topological polar surface area (TPSA) is 51.8 Å². The summed E-state index contributed by atoms with van der Waals surface area (Å²) in [6.07, 6.45) is 0. The van der Waals surface area contributed by atoms with Gasteiger partial charge in [-0.1, -0.05) is 0 Å². The van der Waals surface area contributed by atoms with Crippen molar-refractivity contribution in [2.75, 3.05) is 0 Å². The van der Waals surface area contributed by atoms with E-state index in [2.05, 4.69) is 10.2 Å². The molecule has 0 saturated heterocycles. The Labute approximate surface area is 60.3 Å². The van der Waals surface area contributed by atoms with Crippen LogP contribution >= 0.6 is 0 Å². The molecule has 0 bridgehead atoms. The lowest BCUT2D eigenvalue weighted by atomic mass is 10.2. The molecule has 1 aromatic rings. The van der Waals surface area contributed by atoms with Crippen LogP contribution in [0.25, 0.3) is 0 Å². The van der Waals surface area contributed by atoms with Crippen LogP contribution in [0.3, 0.4) is 0 Å². The molecule has 0 fully saturated rings. The van der Waals surface area contributed by atoms with Gasteiger partial charge in [-0.2, -0.15) is 10.2 Å². The van der Waals surface area contributed by atoms with E-state index < -0.39 is 0 Å². The lowest BCUT2D eigenvalue weighted by Crippen LogP contribution is -2.08. The maximum atomic E-state index is 5.56. The van der Waals surface area contributed by atoms with Crippen molar-refractivity contribution in [3.05, 3.63) is 23.5 Å². The molecule has 0 aromatic carbocycles. The van der Waals surface area contributed by atoms with Crippen LogP contribution in [-0.2, 0) is 0 Å². The van der Waals surface area contributed by atoms with E-state index in [9.17, 15) is 0 Å². The SMILES string of the molecule is Cc1ccc(C(C)N)nn1. The summed E-state index contributed by atoms with van der Waals surface area (Å²) in [6.45, 7) is 3.79. The molecular formula is C7H11N3. The Morgan fingerprint density at radius 1 is 1.40 bits per heavy atom. The van der Waals surface area contributed by atoms with Crippen molar-refractivity contribution >= 4 is 0 Å². The van der Waals surface area contributed by atoms with Crippen molar-refractivity contribution in [3.8, 4) is 0 Å². The second kappa shape index (κ2) is 2.75. The predicted molar refractivity (Wildman–Crippen MR) is 39.4 cm³/mol. The Bertz CT molecular complexity index is 203. The van der Waals surface area contributed by atoms with Gasteiger partial charge >= 0.3 is 0 Å². The lowest BCUT2D eigenvalue weighted by Gasteiger charge is -2.01. The van der Waals surface area contributed by atoms with Crippen LogP contribution < -0.4 is 5.73 Å². The van der Waals surface area contributed by atoms with Gasteiger partial charge in [0, 0.05) is 6.04 Å². The summed E-state index contributed by atoms with van der Waals surface area (Å²) in [7, 11) is 0. The fraction of sp³-hybridized carbons (Fsp3) is 0.429. The Hall–Kier alpha value is -0.960. The minimum absolute atomic E-state index is 0.0203. The van der Waals surface area contributed by atoms with Crippen molar-refractivity contribution in [3.63, 3.8) is 0 Å².